The van der Waals surface area contributed by atoms with Crippen molar-refractivity contribution in [1.29, 1.82) is 0 Å². The Labute approximate surface area is 121 Å². The maximum absolute atomic E-state index is 5.85. The summed E-state index contributed by atoms with van der Waals surface area (Å²) in [5, 5.41) is 0. The topological polar surface area (TPSA) is 36.9 Å². The molecule has 3 aliphatic rings. The van der Waals surface area contributed by atoms with Gasteiger partial charge in [-0.1, -0.05) is 11.1 Å². The largest absolute Gasteiger partial charge is 0.359 e. The third-order valence-electron chi connectivity index (χ3n) is 5.19. The fourth-order valence-electron chi connectivity index (χ4n) is 3.66. The molecule has 1 aliphatic heterocycles. The van der Waals surface area contributed by atoms with Crippen molar-refractivity contribution in [3.8, 4) is 0 Å². The summed E-state index contributed by atoms with van der Waals surface area (Å²) < 4.78 is 22.5. The molecule has 4 heteroatoms. The van der Waals surface area contributed by atoms with Gasteiger partial charge in [0.25, 0.3) is 0 Å². The number of hydrogen-bond acceptors (Lipinski definition) is 4. The molecule has 0 atom stereocenters. The molecule has 3 rings (SSSR count). The van der Waals surface area contributed by atoms with Gasteiger partial charge in [-0.25, -0.2) is 0 Å². The van der Waals surface area contributed by atoms with Gasteiger partial charge in [0, 0.05) is 25.4 Å². The van der Waals surface area contributed by atoms with Crippen molar-refractivity contribution in [2.24, 2.45) is 5.41 Å². The van der Waals surface area contributed by atoms with Crippen LogP contribution < -0.4 is 0 Å². The van der Waals surface area contributed by atoms with E-state index in [9.17, 15) is 0 Å². The zero-order valence-corrected chi connectivity index (χ0v) is 12.7. The second-order valence-electron chi connectivity index (χ2n) is 6.37. The number of rotatable bonds is 5. The SMILES string of the molecule is COCOCC1(C(C)=C2CC2)CCC2(CC1)OCCO2. The molecule has 2 aliphatic carbocycles. The van der Waals surface area contributed by atoms with Gasteiger partial charge in [0.2, 0.25) is 0 Å². The Morgan fingerprint density at radius 2 is 1.75 bits per heavy atom. The molecule has 0 bridgehead atoms. The second-order valence-corrected chi connectivity index (χ2v) is 6.37. The summed E-state index contributed by atoms with van der Waals surface area (Å²) in [6.45, 7) is 4.92. The van der Waals surface area contributed by atoms with Crippen molar-refractivity contribution in [3.05, 3.63) is 11.1 Å². The van der Waals surface area contributed by atoms with E-state index in [1.807, 2.05) is 0 Å². The van der Waals surface area contributed by atoms with Crippen LogP contribution in [0.3, 0.4) is 0 Å². The van der Waals surface area contributed by atoms with Crippen molar-refractivity contribution in [1.82, 2.24) is 0 Å². The van der Waals surface area contributed by atoms with E-state index in [4.69, 9.17) is 18.9 Å². The lowest BCUT2D eigenvalue weighted by Gasteiger charge is -2.44. The van der Waals surface area contributed by atoms with Gasteiger partial charge in [-0.05, 0) is 32.6 Å². The Hall–Kier alpha value is -0.420. The third-order valence-corrected chi connectivity index (χ3v) is 5.19. The summed E-state index contributed by atoms with van der Waals surface area (Å²) in [6, 6.07) is 0. The molecule has 0 aromatic heterocycles. The number of hydrogen-bond donors (Lipinski definition) is 0. The van der Waals surface area contributed by atoms with E-state index >= 15 is 0 Å². The highest BCUT2D eigenvalue weighted by atomic mass is 16.7. The molecular formula is C16H26O4. The predicted molar refractivity (Wildman–Crippen MR) is 75.3 cm³/mol. The van der Waals surface area contributed by atoms with Crippen molar-refractivity contribution in [3.63, 3.8) is 0 Å². The van der Waals surface area contributed by atoms with Crippen LogP contribution in [0.2, 0.25) is 0 Å². The first kappa shape index (κ1) is 14.5. The van der Waals surface area contributed by atoms with Crippen LogP contribution in [-0.4, -0.2) is 39.5 Å². The Morgan fingerprint density at radius 3 is 2.30 bits per heavy atom. The molecule has 1 heterocycles. The average Bonchev–Trinajstić information content (AvgIpc) is 3.22. The first-order valence-corrected chi connectivity index (χ1v) is 7.73. The molecule has 0 unspecified atom stereocenters. The van der Waals surface area contributed by atoms with E-state index in [0.717, 1.165) is 45.5 Å². The van der Waals surface area contributed by atoms with E-state index < -0.39 is 0 Å². The molecule has 0 aromatic carbocycles. The predicted octanol–water partition coefficient (Wildman–Crippen LogP) is 3.02. The summed E-state index contributed by atoms with van der Waals surface area (Å²) in [4.78, 5) is 0. The zero-order valence-electron chi connectivity index (χ0n) is 12.7. The lowest BCUT2D eigenvalue weighted by atomic mass is 9.68. The van der Waals surface area contributed by atoms with Crippen LogP contribution in [0.1, 0.15) is 45.4 Å². The zero-order chi connectivity index (χ0) is 14.1. The van der Waals surface area contributed by atoms with Crippen LogP contribution >= 0.6 is 0 Å². The molecule has 1 saturated heterocycles. The van der Waals surface area contributed by atoms with Gasteiger partial charge < -0.3 is 18.9 Å². The lowest BCUT2D eigenvalue weighted by Crippen LogP contribution is -2.42. The van der Waals surface area contributed by atoms with Crippen LogP contribution in [0, 0.1) is 5.41 Å². The molecule has 114 valence electrons. The molecule has 0 N–H and O–H groups in total. The highest BCUT2D eigenvalue weighted by Crippen LogP contribution is 2.52. The molecule has 20 heavy (non-hydrogen) atoms. The lowest BCUT2D eigenvalue weighted by molar-refractivity contribution is -0.194. The monoisotopic (exact) mass is 282 g/mol. The minimum atomic E-state index is -0.292. The Morgan fingerprint density at radius 1 is 1.10 bits per heavy atom. The van der Waals surface area contributed by atoms with Crippen molar-refractivity contribution in [2.75, 3.05) is 33.7 Å². The summed E-state index contributed by atoms with van der Waals surface area (Å²) in [5.41, 5.74) is 3.36. The van der Waals surface area contributed by atoms with Crippen LogP contribution in [-0.2, 0) is 18.9 Å². The van der Waals surface area contributed by atoms with Crippen molar-refractivity contribution < 1.29 is 18.9 Å². The summed E-state index contributed by atoms with van der Waals surface area (Å²) in [7, 11) is 1.68. The van der Waals surface area contributed by atoms with E-state index in [-0.39, 0.29) is 11.2 Å². The highest BCUT2D eigenvalue weighted by molar-refractivity contribution is 5.30. The van der Waals surface area contributed by atoms with E-state index in [0.29, 0.717) is 6.79 Å². The summed E-state index contributed by atoms with van der Waals surface area (Å²) in [5.74, 6) is -0.292. The normalized spacial score (nSPS) is 27.0. The van der Waals surface area contributed by atoms with E-state index in [1.165, 1.54) is 12.8 Å². The van der Waals surface area contributed by atoms with Gasteiger partial charge in [-0.2, -0.15) is 0 Å². The van der Waals surface area contributed by atoms with E-state index in [2.05, 4.69) is 6.92 Å². The minimum Gasteiger partial charge on any atom is -0.359 e. The van der Waals surface area contributed by atoms with Gasteiger partial charge in [0.05, 0.1) is 19.8 Å². The van der Waals surface area contributed by atoms with Gasteiger partial charge in [0.1, 0.15) is 6.79 Å². The van der Waals surface area contributed by atoms with Gasteiger partial charge in [-0.15, -0.1) is 0 Å². The van der Waals surface area contributed by atoms with Gasteiger partial charge in [0.15, 0.2) is 5.79 Å². The Kier molecular flexibility index (Phi) is 4.18. The first-order chi connectivity index (χ1) is 9.70. The Bertz CT molecular complexity index is 366. The number of ether oxygens (including phenoxy) is 4. The van der Waals surface area contributed by atoms with E-state index in [1.54, 1.807) is 18.3 Å². The van der Waals surface area contributed by atoms with Gasteiger partial charge >= 0.3 is 0 Å². The second kappa shape index (κ2) is 5.76. The fraction of sp³-hybridized carbons (Fsp3) is 0.875. The maximum atomic E-state index is 5.85. The molecule has 2 saturated carbocycles. The maximum Gasteiger partial charge on any atom is 0.168 e. The quantitative estimate of drug-likeness (QED) is 0.441. The summed E-state index contributed by atoms with van der Waals surface area (Å²) in [6.07, 6.45) is 6.69. The molecule has 0 aromatic rings. The average molecular weight is 282 g/mol. The van der Waals surface area contributed by atoms with Crippen molar-refractivity contribution in [2.45, 2.75) is 51.2 Å². The molecule has 1 spiro atoms. The minimum absolute atomic E-state index is 0.172. The van der Waals surface area contributed by atoms with Crippen LogP contribution in [0.15, 0.2) is 11.1 Å². The molecule has 0 radical (unpaired) electrons. The highest BCUT2D eigenvalue weighted by Gasteiger charge is 2.48. The van der Waals surface area contributed by atoms with Crippen LogP contribution in [0.5, 0.6) is 0 Å². The van der Waals surface area contributed by atoms with Crippen LogP contribution in [0.25, 0.3) is 0 Å². The summed E-state index contributed by atoms with van der Waals surface area (Å²) >= 11 is 0. The van der Waals surface area contributed by atoms with Crippen molar-refractivity contribution >= 4 is 0 Å². The molecule has 0 amide bonds. The smallest absolute Gasteiger partial charge is 0.168 e. The third kappa shape index (κ3) is 2.80. The van der Waals surface area contributed by atoms with Crippen LogP contribution in [0.4, 0.5) is 0 Å². The van der Waals surface area contributed by atoms with Gasteiger partial charge in [-0.3, -0.25) is 0 Å². The number of methoxy groups -OCH3 is 1. The molecular weight excluding hydrogens is 256 g/mol. The molecule has 3 fully saturated rings. The number of allylic oxidation sites excluding steroid dienone is 1. The molecule has 4 nitrogen and oxygen atoms in total. The first-order valence-electron chi connectivity index (χ1n) is 7.73. The standard InChI is InChI=1S/C16H26O4/c1-13(14-3-4-14)15(11-18-12-17-2)5-7-16(8-6-15)19-9-10-20-16/h3-12H2,1-2H3. The fourth-order valence-corrected chi connectivity index (χ4v) is 3.66. The Balaban J connectivity index is 1.69.